The van der Waals surface area contributed by atoms with Crippen molar-refractivity contribution in [2.24, 2.45) is 0 Å². The molecule has 6 heteroatoms. The highest BCUT2D eigenvalue weighted by Crippen LogP contribution is 2.41. The molecule has 32 heavy (non-hydrogen) atoms. The van der Waals surface area contributed by atoms with Crippen LogP contribution in [0.15, 0.2) is 49.1 Å². The van der Waals surface area contributed by atoms with Crippen LogP contribution in [0.3, 0.4) is 0 Å². The van der Waals surface area contributed by atoms with Crippen molar-refractivity contribution in [1.29, 1.82) is 0 Å². The Labute approximate surface area is 189 Å². The Balaban J connectivity index is 1.70. The van der Waals surface area contributed by atoms with Gasteiger partial charge in [-0.25, -0.2) is 14.4 Å². The quantitative estimate of drug-likeness (QED) is 0.458. The largest absolute Gasteiger partial charge is 0.493 e. The van der Waals surface area contributed by atoms with Crippen molar-refractivity contribution in [2.45, 2.75) is 39.7 Å². The minimum atomic E-state index is -0.190. The van der Waals surface area contributed by atoms with E-state index in [4.69, 9.17) is 9.47 Å². The summed E-state index contributed by atoms with van der Waals surface area (Å²) in [7, 11) is 0. The third-order valence-corrected chi connectivity index (χ3v) is 5.68. The summed E-state index contributed by atoms with van der Waals surface area (Å²) >= 11 is 0. The molecular weight excluding hydrogens is 405 g/mol. The van der Waals surface area contributed by atoms with Gasteiger partial charge in [0.2, 0.25) is 0 Å². The predicted molar refractivity (Wildman–Crippen MR) is 124 cm³/mol. The molecule has 1 aliphatic heterocycles. The molecule has 168 valence electrons. The van der Waals surface area contributed by atoms with E-state index in [0.717, 1.165) is 40.9 Å². The molecule has 0 saturated carbocycles. The maximum absolute atomic E-state index is 15.1. The van der Waals surface area contributed by atoms with Crippen LogP contribution in [-0.2, 0) is 13.0 Å². The predicted octanol–water partition coefficient (Wildman–Crippen LogP) is 5.27. The number of aromatic nitrogens is 2. The summed E-state index contributed by atoms with van der Waals surface area (Å²) in [5.74, 6) is 1.19. The minimum Gasteiger partial charge on any atom is -0.493 e. The molecule has 1 aliphatic rings. The Kier molecular flexibility index (Phi) is 7.32. The molecule has 0 atom stereocenters. The SMILES string of the molecule is CCOc1cc(Cc2cncnc2)cc(OCC)c1-c1ccc(CN2CCCC2)c(F)c1. The van der Waals surface area contributed by atoms with Crippen molar-refractivity contribution >= 4 is 0 Å². The van der Waals surface area contributed by atoms with E-state index in [-0.39, 0.29) is 5.82 Å². The monoisotopic (exact) mass is 435 g/mol. The molecule has 0 N–H and O–H groups in total. The van der Waals surface area contributed by atoms with E-state index in [1.54, 1.807) is 18.5 Å². The molecule has 0 aliphatic carbocycles. The van der Waals surface area contributed by atoms with Crippen LogP contribution < -0.4 is 9.47 Å². The Morgan fingerprint density at radius 3 is 2.16 bits per heavy atom. The summed E-state index contributed by atoms with van der Waals surface area (Å²) in [6, 6.07) is 9.48. The van der Waals surface area contributed by atoms with E-state index in [9.17, 15) is 0 Å². The van der Waals surface area contributed by atoms with Crippen LogP contribution in [0.25, 0.3) is 11.1 Å². The van der Waals surface area contributed by atoms with Gasteiger partial charge in [-0.2, -0.15) is 0 Å². The van der Waals surface area contributed by atoms with Crippen LogP contribution in [0, 0.1) is 5.82 Å². The van der Waals surface area contributed by atoms with E-state index < -0.39 is 0 Å². The lowest BCUT2D eigenvalue weighted by Gasteiger charge is -2.19. The highest BCUT2D eigenvalue weighted by molar-refractivity contribution is 5.78. The lowest BCUT2D eigenvalue weighted by atomic mass is 9.97. The highest BCUT2D eigenvalue weighted by Gasteiger charge is 2.19. The zero-order valence-electron chi connectivity index (χ0n) is 18.8. The van der Waals surface area contributed by atoms with Crippen LogP contribution in [0.1, 0.15) is 43.4 Å². The van der Waals surface area contributed by atoms with Gasteiger partial charge in [0.25, 0.3) is 0 Å². The first-order valence-electron chi connectivity index (χ1n) is 11.4. The topological polar surface area (TPSA) is 47.5 Å². The number of hydrogen-bond donors (Lipinski definition) is 0. The highest BCUT2D eigenvalue weighted by atomic mass is 19.1. The van der Waals surface area contributed by atoms with Crippen LogP contribution in [0.2, 0.25) is 0 Å². The number of likely N-dealkylation sites (tertiary alicyclic amines) is 1. The third-order valence-electron chi connectivity index (χ3n) is 5.68. The fourth-order valence-corrected chi connectivity index (χ4v) is 4.24. The van der Waals surface area contributed by atoms with Gasteiger partial charge < -0.3 is 9.47 Å². The van der Waals surface area contributed by atoms with Crippen molar-refractivity contribution in [2.75, 3.05) is 26.3 Å². The van der Waals surface area contributed by atoms with Crippen molar-refractivity contribution in [3.05, 3.63) is 71.6 Å². The lowest BCUT2D eigenvalue weighted by molar-refractivity contribution is 0.324. The fraction of sp³-hybridized carbons (Fsp3) is 0.385. The van der Waals surface area contributed by atoms with Crippen molar-refractivity contribution < 1.29 is 13.9 Å². The molecule has 0 spiro atoms. The Hall–Kier alpha value is -2.99. The summed E-state index contributed by atoms with van der Waals surface area (Å²) in [6.45, 7) is 7.64. The first-order valence-corrected chi connectivity index (χ1v) is 11.4. The van der Waals surface area contributed by atoms with Gasteiger partial charge in [0.05, 0.1) is 18.8 Å². The van der Waals surface area contributed by atoms with Crippen LogP contribution >= 0.6 is 0 Å². The molecule has 1 aromatic heterocycles. The molecule has 0 unspecified atom stereocenters. The molecule has 1 saturated heterocycles. The summed E-state index contributed by atoms with van der Waals surface area (Å²) in [4.78, 5) is 10.5. The summed E-state index contributed by atoms with van der Waals surface area (Å²) in [6.07, 6.45) is 8.16. The summed E-state index contributed by atoms with van der Waals surface area (Å²) < 4.78 is 27.1. The van der Waals surface area contributed by atoms with Crippen molar-refractivity contribution in [3.63, 3.8) is 0 Å². The van der Waals surface area contributed by atoms with E-state index in [0.29, 0.717) is 37.7 Å². The van der Waals surface area contributed by atoms with Gasteiger partial charge in [-0.05, 0) is 74.7 Å². The van der Waals surface area contributed by atoms with E-state index in [1.165, 1.54) is 19.2 Å². The van der Waals surface area contributed by atoms with E-state index >= 15 is 4.39 Å². The summed E-state index contributed by atoms with van der Waals surface area (Å²) in [5.41, 5.74) is 4.30. The molecule has 2 aromatic carbocycles. The van der Waals surface area contributed by atoms with Crippen molar-refractivity contribution in [1.82, 2.24) is 14.9 Å². The molecule has 2 heterocycles. The molecule has 0 radical (unpaired) electrons. The molecule has 1 fully saturated rings. The maximum atomic E-state index is 15.1. The van der Waals surface area contributed by atoms with Crippen molar-refractivity contribution in [3.8, 4) is 22.6 Å². The van der Waals surface area contributed by atoms with E-state index in [1.807, 2.05) is 38.1 Å². The van der Waals surface area contributed by atoms with Crippen LogP contribution in [0.5, 0.6) is 11.5 Å². The standard InChI is InChI=1S/C26H30FN3O2/c1-3-31-24-12-19(11-20-15-28-18-29-16-20)13-25(32-4-2)26(24)21-7-8-22(23(27)14-21)17-30-9-5-6-10-30/h7-8,12-16,18H,3-6,9-11,17H2,1-2H3. The van der Waals surface area contributed by atoms with Gasteiger partial charge in [-0.15, -0.1) is 0 Å². The first kappa shape index (κ1) is 22.2. The number of nitrogens with zero attached hydrogens (tertiary/aromatic N) is 3. The number of rotatable bonds is 9. The molecule has 4 rings (SSSR count). The van der Waals surface area contributed by atoms with Gasteiger partial charge >= 0.3 is 0 Å². The second-order valence-electron chi connectivity index (χ2n) is 8.05. The third kappa shape index (κ3) is 5.25. The zero-order valence-corrected chi connectivity index (χ0v) is 18.8. The van der Waals surface area contributed by atoms with E-state index in [2.05, 4.69) is 14.9 Å². The van der Waals surface area contributed by atoms with Gasteiger partial charge in [0.1, 0.15) is 23.6 Å². The number of hydrogen-bond acceptors (Lipinski definition) is 5. The molecule has 3 aromatic rings. The number of ether oxygens (including phenoxy) is 2. The van der Waals surface area contributed by atoms with Gasteiger partial charge in [0, 0.05) is 30.9 Å². The van der Waals surface area contributed by atoms with Gasteiger partial charge in [-0.1, -0.05) is 12.1 Å². The first-order chi connectivity index (χ1) is 15.7. The smallest absolute Gasteiger partial charge is 0.131 e. The molecule has 0 bridgehead atoms. The Bertz CT molecular complexity index is 1010. The maximum Gasteiger partial charge on any atom is 0.131 e. The lowest BCUT2D eigenvalue weighted by Crippen LogP contribution is -2.19. The van der Waals surface area contributed by atoms with Gasteiger partial charge in [0.15, 0.2) is 0 Å². The Morgan fingerprint density at radius 1 is 0.906 bits per heavy atom. The zero-order chi connectivity index (χ0) is 22.3. The number of benzene rings is 2. The Morgan fingerprint density at radius 2 is 1.56 bits per heavy atom. The fourth-order valence-electron chi connectivity index (χ4n) is 4.24. The second kappa shape index (κ2) is 10.6. The average molecular weight is 436 g/mol. The molecular formula is C26H30FN3O2. The van der Waals surface area contributed by atoms with Gasteiger partial charge in [-0.3, -0.25) is 4.90 Å². The van der Waals surface area contributed by atoms with Crippen LogP contribution in [0.4, 0.5) is 4.39 Å². The molecule has 5 nitrogen and oxygen atoms in total. The molecule has 0 amide bonds. The minimum absolute atomic E-state index is 0.190. The summed E-state index contributed by atoms with van der Waals surface area (Å²) in [5, 5.41) is 0. The van der Waals surface area contributed by atoms with Crippen LogP contribution in [-0.4, -0.2) is 41.2 Å². The number of halogens is 1. The average Bonchev–Trinajstić information content (AvgIpc) is 3.30. The normalized spacial score (nSPS) is 14.0. The second-order valence-corrected chi connectivity index (χ2v) is 8.05.